The van der Waals surface area contributed by atoms with E-state index < -0.39 is 23.6 Å². The highest BCUT2D eigenvalue weighted by atomic mass is 79.9. The van der Waals surface area contributed by atoms with Gasteiger partial charge in [0.25, 0.3) is 11.1 Å². The molecule has 3 amide bonds. The van der Waals surface area contributed by atoms with E-state index in [1.165, 1.54) is 17.8 Å². The van der Waals surface area contributed by atoms with Crippen molar-refractivity contribution in [3.05, 3.63) is 79.8 Å². The van der Waals surface area contributed by atoms with Gasteiger partial charge in [-0.2, -0.15) is 0 Å². The van der Waals surface area contributed by atoms with Crippen LogP contribution in [0.4, 0.5) is 10.5 Å². The largest absolute Gasteiger partial charge is 0.449 e. The summed E-state index contributed by atoms with van der Waals surface area (Å²) in [5.74, 6) is -0.711. The molecule has 0 spiro atoms. The minimum atomic E-state index is -0.571. The number of thioether (sulfide) groups is 1. The molecule has 1 aliphatic rings. The molecule has 2 aromatic carbocycles. The van der Waals surface area contributed by atoms with E-state index >= 15 is 0 Å². The molecule has 11 heteroatoms. The topological polar surface area (TPSA) is 79.6 Å². The highest BCUT2D eigenvalue weighted by molar-refractivity contribution is 9.10. The quantitative estimate of drug-likeness (QED) is 0.310. The first-order valence-electron chi connectivity index (χ1n) is 9.32. The zero-order valence-electron chi connectivity index (χ0n) is 16.5. The van der Waals surface area contributed by atoms with Crippen LogP contribution in [0.3, 0.4) is 0 Å². The number of benzene rings is 2. The number of halogens is 3. The van der Waals surface area contributed by atoms with Gasteiger partial charge in [0, 0.05) is 16.0 Å². The van der Waals surface area contributed by atoms with Crippen LogP contribution in [0.25, 0.3) is 6.08 Å². The Kier molecular flexibility index (Phi) is 7.55. The van der Waals surface area contributed by atoms with Gasteiger partial charge in [-0.05, 0) is 70.2 Å². The smallest absolute Gasteiger partial charge is 0.294 e. The molecule has 1 N–H and O–H groups in total. The lowest BCUT2D eigenvalue weighted by Gasteiger charge is -2.13. The van der Waals surface area contributed by atoms with Gasteiger partial charge in [-0.3, -0.25) is 19.3 Å². The first kappa shape index (κ1) is 24.0. The molecule has 33 heavy (non-hydrogen) atoms. The summed E-state index contributed by atoms with van der Waals surface area (Å²) < 4.78 is 6.52. The van der Waals surface area contributed by atoms with E-state index in [1.54, 1.807) is 42.5 Å². The average Bonchev–Trinajstić information content (AvgIpc) is 3.24. The Morgan fingerprint density at radius 1 is 1.15 bits per heavy atom. The molecule has 4 rings (SSSR count). The average molecular weight is 584 g/mol. The summed E-state index contributed by atoms with van der Waals surface area (Å²) >= 11 is 17.5. The zero-order chi connectivity index (χ0) is 23.5. The van der Waals surface area contributed by atoms with Crippen molar-refractivity contribution in [2.75, 3.05) is 11.9 Å². The van der Waals surface area contributed by atoms with E-state index in [2.05, 4.69) is 21.2 Å². The van der Waals surface area contributed by atoms with Gasteiger partial charge in [0.2, 0.25) is 5.91 Å². The van der Waals surface area contributed by atoms with E-state index in [4.69, 9.17) is 27.6 Å². The van der Waals surface area contributed by atoms with Gasteiger partial charge in [-0.1, -0.05) is 47.1 Å². The number of amides is 3. The standard InChI is InChI=1S/C22H13BrCl2N2O4S2/c23-15-9-13(31-21(15)32-14-7-5-12(24)6-8-14)10-18-20(29)27(22(30)33-18)11-19(28)26-17-4-2-1-3-16(17)25/h1-10H,11H2,(H,26,28)/b18-10+. The molecule has 168 valence electrons. The predicted octanol–water partition coefficient (Wildman–Crippen LogP) is 7.18. The van der Waals surface area contributed by atoms with Crippen molar-refractivity contribution in [2.24, 2.45) is 0 Å². The van der Waals surface area contributed by atoms with Gasteiger partial charge in [0.05, 0.1) is 20.1 Å². The van der Waals surface area contributed by atoms with E-state index in [1.807, 2.05) is 12.1 Å². The normalized spacial score (nSPS) is 14.9. The number of hydrogen-bond acceptors (Lipinski definition) is 6. The molecule has 0 bridgehead atoms. The minimum Gasteiger partial charge on any atom is -0.449 e. The molecule has 1 saturated heterocycles. The predicted molar refractivity (Wildman–Crippen MR) is 135 cm³/mol. The summed E-state index contributed by atoms with van der Waals surface area (Å²) in [5, 5.41) is 3.64. The maximum Gasteiger partial charge on any atom is 0.294 e. The number of anilines is 1. The van der Waals surface area contributed by atoms with Gasteiger partial charge < -0.3 is 9.73 Å². The monoisotopic (exact) mass is 582 g/mol. The zero-order valence-corrected chi connectivity index (χ0v) is 21.2. The van der Waals surface area contributed by atoms with Crippen LogP contribution >= 0.6 is 62.7 Å². The Hall–Kier alpha value is -2.17. The summed E-state index contributed by atoms with van der Waals surface area (Å²) in [7, 11) is 0. The Bertz CT molecular complexity index is 1280. The lowest BCUT2D eigenvalue weighted by Crippen LogP contribution is -2.36. The third-order valence-electron chi connectivity index (χ3n) is 4.30. The first-order valence-corrected chi connectivity index (χ1v) is 12.5. The van der Waals surface area contributed by atoms with Crippen LogP contribution in [0.15, 0.2) is 78.4 Å². The van der Waals surface area contributed by atoms with Crippen LogP contribution in [-0.2, 0) is 9.59 Å². The number of para-hydroxylation sites is 1. The van der Waals surface area contributed by atoms with Gasteiger partial charge in [0.1, 0.15) is 12.3 Å². The van der Waals surface area contributed by atoms with Crippen molar-refractivity contribution in [1.82, 2.24) is 4.90 Å². The van der Waals surface area contributed by atoms with Crippen LogP contribution < -0.4 is 5.32 Å². The number of nitrogens with one attached hydrogen (secondary N) is 1. The van der Waals surface area contributed by atoms with Gasteiger partial charge in [0.15, 0.2) is 5.09 Å². The fraction of sp³-hybridized carbons (Fsp3) is 0.0455. The molecule has 2 heterocycles. The van der Waals surface area contributed by atoms with E-state index in [9.17, 15) is 14.4 Å². The van der Waals surface area contributed by atoms with Crippen LogP contribution in [-0.4, -0.2) is 28.5 Å². The Balaban J connectivity index is 1.44. The van der Waals surface area contributed by atoms with Gasteiger partial charge in [-0.15, -0.1) is 0 Å². The Morgan fingerprint density at radius 3 is 2.61 bits per heavy atom. The summed E-state index contributed by atoms with van der Waals surface area (Å²) in [6.45, 7) is -0.424. The molecule has 0 saturated carbocycles. The number of rotatable bonds is 6. The van der Waals surface area contributed by atoms with E-state index in [-0.39, 0.29) is 4.91 Å². The Labute approximate surface area is 215 Å². The number of carbonyl (C=O) groups is 3. The summed E-state index contributed by atoms with van der Waals surface area (Å²) in [5.41, 5.74) is 0.401. The van der Waals surface area contributed by atoms with E-state index in [0.29, 0.717) is 31.1 Å². The van der Waals surface area contributed by atoms with E-state index in [0.717, 1.165) is 21.6 Å². The maximum atomic E-state index is 12.7. The number of imide groups is 1. The number of nitrogens with zero attached hydrogens (tertiary/aromatic N) is 1. The lowest BCUT2D eigenvalue weighted by atomic mass is 10.3. The molecular weight excluding hydrogens is 571 g/mol. The lowest BCUT2D eigenvalue weighted by molar-refractivity contribution is -0.127. The highest BCUT2D eigenvalue weighted by Crippen LogP contribution is 2.38. The summed E-state index contributed by atoms with van der Waals surface area (Å²) in [4.78, 5) is 39.4. The van der Waals surface area contributed by atoms with Crippen molar-refractivity contribution >= 4 is 91.5 Å². The van der Waals surface area contributed by atoms with Crippen LogP contribution in [0.1, 0.15) is 5.76 Å². The third kappa shape index (κ3) is 5.85. The molecule has 6 nitrogen and oxygen atoms in total. The summed E-state index contributed by atoms with van der Waals surface area (Å²) in [6.07, 6.45) is 1.48. The second kappa shape index (κ2) is 10.4. The Morgan fingerprint density at radius 2 is 1.88 bits per heavy atom. The number of furan rings is 1. The summed E-state index contributed by atoms with van der Waals surface area (Å²) in [6, 6.07) is 15.7. The van der Waals surface area contributed by atoms with Gasteiger partial charge in [-0.25, -0.2) is 0 Å². The molecule has 0 radical (unpaired) electrons. The molecule has 1 aromatic heterocycles. The van der Waals surface area contributed by atoms with Gasteiger partial charge >= 0.3 is 0 Å². The van der Waals surface area contributed by atoms with Crippen molar-refractivity contribution in [3.8, 4) is 0 Å². The molecular formula is C22H13BrCl2N2O4S2. The molecule has 0 atom stereocenters. The highest BCUT2D eigenvalue weighted by Gasteiger charge is 2.36. The van der Waals surface area contributed by atoms with Crippen LogP contribution in [0.2, 0.25) is 10.0 Å². The van der Waals surface area contributed by atoms with Crippen LogP contribution in [0.5, 0.6) is 0 Å². The fourth-order valence-electron chi connectivity index (χ4n) is 2.78. The number of hydrogen-bond donors (Lipinski definition) is 1. The molecule has 0 unspecified atom stereocenters. The third-order valence-corrected chi connectivity index (χ3v) is 7.63. The van der Waals surface area contributed by atoms with Crippen molar-refractivity contribution in [3.63, 3.8) is 0 Å². The second-order valence-corrected chi connectivity index (χ2v) is 10.4. The van der Waals surface area contributed by atoms with Crippen molar-refractivity contribution in [1.29, 1.82) is 0 Å². The first-order chi connectivity index (χ1) is 15.8. The molecule has 1 aliphatic heterocycles. The van der Waals surface area contributed by atoms with Crippen LogP contribution in [0, 0.1) is 0 Å². The number of carbonyl (C=O) groups excluding carboxylic acids is 3. The van der Waals surface area contributed by atoms with Crippen molar-refractivity contribution in [2.45, 2.75) is 9.99 Å². The fourth-order valence-corrected chi connectivity index (χ4v) is 5.24. The second-order valence-electron chi connectivity index (χ2n) is 6.64. The molecule has 1 fully saturated rings. The molecule has 3 aromatic rings. The molecule has 0 aliphatic carbocycles. The van der Waals surface area contributed by atoms with Crippen molar-refractivity contribution < 1.29 is 18.8 Å². The maximum absolute atomic E-state index is 12.7. The minimum absolute atomic E-state index is 0.162. The SMILES string of the molecule is O=C(CN1C(=O)S/C(=C/c2cc(Br)c(Sc3ccc(Cl)cc3)o2)C1=O)Nc1ccccc1Cl.